The van der Waals surface area contributed by atoms with Gasteiger partial charge in [0.15, 0.2) is 0 Å². The van der Waals surface area contributed by atoms with Crippen LogP contribution in [0.15, 0.2) is 0 Å². The lowest BCUT2D eigenvalue weighted by Crippen LogP contribution is -2.44. The molecule has 3 N–H and O–H groups in total. The van der Waals surface area contributed by atoms with Gasteiger partial charge in [0.25, 0.3) is 0 Å². The van der Waals surface area contributed by atoms with Gasteiger partial charge in [-0.25, -0.2) is 0 Å². The first-order chi connectivity index (χ1) is 8.38. The summed E-state index contributed by atoms with van der Waals surface area (Å²) in [6.45, 7) is 2.05. The molecule has 0 aromatic carbocycles. The summed E-state index contributed by atoms with van der Waals surface area (Å²) in [6.07, 6.45) is 0.0403. The van der Waals surface area contributed by atoms with Crippen LogP contribution < -0.4 is 11.1 Å². The SMILES string of the molecule is CCOC(=O)CCN(C)C(=O)C(=O)NCC(N)=S. The minimum atomic E-state index is -0.811. The number of nitrogens with zero attached hydrogens (tertiary/aromatic N) is 1. The van der Waals surface area contributed by atoms with E-state index in [4.69, 9.17) is 10.5 Å². The highest BCUT2D eigenvalue weighted by atomic mass is 32.1. The predicted molar refractivity (Wildman–Crippen MR) is 68.7 cm³/mol. The molecule has 0 atom stereocenters. The molecule has 0 aromatic heterocycles. The van der Waals surface area contributed by atoms with Gasteiger partial charge in [0, 0.05) is 13.6 Å². The molecule has 0 fully saturated rings. The van der Waals surface area contributed by atoms with Crippen molar-refractivity contribution in [3.05, 3.63) is 0 Å². The normalized spacial score (nSPS) is 9.44. The van der Waals surface area contributed by atoms with Crippen LogP contribution in [0, 0.1) is 0 Å². The quantitative estimate of drug-likeness (QED) is 0.359. The van der Waals surface area contributed by atoms with E-state index in [0.29, 0.717) is 0 Å². The molecule has 8 heteroatoms. The molecule has 0 radical (unpaired) electrons. The van der Waals surface area contributed by atoms with E-state index in [2.05, 4.69) is 17.5 Å². The number of nitrogens with one attached hydrogen (secondary N) is 1. The Kier molecular flexibility index (Phi) is 7.61. The molecule has 2 amide bonds. The van der Waals surface area contributed by atoms with Gasteiger partial charge in [-0.3, -0.25) is 14.4 Å². The summed E-state index contributed by atoms with van der Waals surface area (Å²) in [7, 11) is 1.42. The zero-order chi connectivity index (χ0) is 14.1. The van der Waals surface area contributed by atoms with E-state index in [1.165, 1.54) is 7.05 Å². The second-order valence-electron chi connectivity index (χ2n) is 3.43. The Morgan fingerprint density at radius 1 is 1.39 bits per heavy atom. The van der Waals surface area contributed by atoms with Crippen molar-refractivity contribution in [3.8, 4) is 0 Å². The number of amides is 2. The van der Waals surface area contributed by atoms with Crippen molar-refractivity contribution in [1.29, 1.82) is 0 Å². The van der Waals surface area contributed by atoms with Gasteiger partial charge in [-0.2, -0.15) is 0 Å². The van der Waals surface area contributed by atoms with Gasteiger partial charge in [-0.05, 0) is 6.92 Å². The number of hydrogen-bond acceptors (Lipinski definition) is 5. The molecule has 0 aromatic rings. The maximum Gasteiger partial charge on any atom is 0.311 e. The van der Waals surface area contributed by atoms with Crippen LogP contribution in [0.25, 0.3) is 0 Å². The number of ether oxygens (including phenoxy) is 1. The topological polar surface area (TPSA) is 102 Å². The molecular formula is C10H17N3O4S. The molecule has 0 bridgehead atoms. The lowest BCUT2D eigenvalue weighted by molar-refractivity contribution is -0.147. The molecule has 0 saturated carbocycles. The fourth-order valence-corrected chi connectivity index (χ4v) is 1.08. The highest BCUT2D eigenvalue weighted by molar-refractivity contribution is 7.80. The van der Waals surface area contributed by atoms with Crippen molar-refractivity contribution < 1.29 is 19.1 Å². The van der Waals surface area contributed by atoms with E-state index in [9.17, 15) is 14.4 Å². The van der Waals surface area contributed by atoms with Crippen molar-refractivity contribution in [2.75, 3.05) is 26.7 Å². The summed E-state index contributed by atoms with van der Waals surface area (Å²) < 4.78 is 4.70. The van der Waals surface area contributed by atoms with Crippen LogP contribution in [0.3, 0.4) is 0 Å². The molecule has 7 nitrogen and oxygen atoms in total. The van der Waals surface area contributed by atoms with E-state index in [1.54, 1.807) is 6.92 Å². The third kappa shape index (κ3) is 6.79. The van der Waals surface area contributed by atoms with Gasteiger partial charge in [-0.1, -0.05) is 12.2 Å². The van der Waals surface area contributed by atoms with E-state index in [-0.39, 0.29) is 31.1 Å². The first-order valence-corrected chi connectivity index (χ1v) is 5.76. The Morgan fingerprint density at radius 2 is 2.00 bits per heavy atom. The molecule has 102 valence electrons. The summed E-state index contributed by atoms with van der Waals surface area (Å²) in [5, 5.41) is 2.26. The van der Waals surface area contributed by atoms with E-state index in [1.807, 2.05) is 0 Å². The standard InChI is InChI=1S/C10H17N3O4S/c1-3-17-8(14)4-5-13(2)10(16)9(15)12-6-7(11)18/h3-6H2,1-2H3,(H2,11,18)(H,12,15). The third-order valence-corrected chi connectivity index (χ3v) is 2.07. The largest absolute Gasteiger partial charge is 0.466 e. The van der Waals surface area contributed by atoms with E-state index >= 15 is 0 Å². The third-order valence-electron chi connectivity index (χ3n) is 1.92. The zero-order valence-corrected chi connectivity index (χ0v) is 11.2. The second-order valence-corrected chi connectivity index (χ2v) is 3.96. The highest BCUT2D eigenvalue weighted by Gasteiger charge is 2.19. The lowest BCUT2D eigenvalue weighted by Gasteiger charge is -2.15. The summed E-state index contributed by atoms with van der Waals surface area (Å²) in [4.78, 5) is 35.1. The molecule has 0 rings (SSSR count). The van der Waals surface area contributed by atoms with Crippen LogP contribution in [0.5, 0.6) is 0 Å². The van der Waals surface area contributed by atoms with E-state index < -0.39 is 17.8 Å². The van der Waals surface area contributed by atoms with Crippen LogP contribution in [-0.2, 0) is 19.1 Å². The molecule has 0 aliphatic carbocycles. The summed E-state index contributed by atoms with van der Waals surface area (Å²) >= 11 is 4.56. The maximum atomic E-state index is 11.5. The molecule has 0 heterocycles. The number of likely N-dealkylation sites (N-methyl/N-ethyl adjacent to an activating group) is 1. The molecule has 0 aliphatic heterocycles. The molecule has 0 saturated heterocycles. The van der Waals surface area contributed by atoms with Crippen LogP contribution in [0.2, 0.25) is 0 Å². The van der Waals surface area contributed by atoms with Crippen LogP contribution >= 0.6 is 12.2 Å². The predicted octanol–water partition coefficient (Wildman–Crippen LogP) is -1.20. The van der Waals surface area contributed by atoms with Crippen molar-refractivity contribution in [2.45, 2.75) is 13.3 Å². The highest BCUT2D eigenvalue weighted by Crippen LogP contribution is 1.92. The Hall–Kier alpha value is -1.70. The number of nitrogens with two attached hydrogens (primary N) is 1. The van der Waals surface area contributed by atoms with Gasteiger partial charge in [0.2, 0.25) is 0 Å². The second kappa shape index (κ2) is 8.40. The molecule has 0 spiro atoms. The number of thiocarbonyl (C=S) groups is 1. The van der Waals surface area contributed by atoms with Gasteiger partial charge in [0.05, 0.1) is 24.6 Å². The number of rotatable bonds is 6. The smallest absolute Gasteiger partial charge is 0.311 e. The van der Waals surface area contributed by atoms with Crippen LogP contribution in [0.4, 0.5) is 0 Å². The molecule has 0 aliphatic rings. The minimum Gasteiger partial charge on any atom is -0.466 e. The van der Waals surface area contributed by atoms with Gasteiger partial charge in [0.1, 0.15) is 0 Å². The maximum absolute atomic E-state index is 11.5. The Balaban J connectivity index is 4.05. The van der Waals surface area contributed by atoms with Crippen molar-refractivity contribution in [2.24, 2.45) is 5.73 Å². The van der Waals surface area contributed by atoms with Gasteiger partial charge >= 0.3 is 17.8 Å². The van der Waals surface area contributed by atoms with Gasteiger partial charge in [-0.15, -0.1) is 0 Å². The Bertz CT molecular complexity index is 346. The first kappa shape index (κ1) is 16.3. The average Bonchev–Trinajstić information content (AvgIpc) is 2.32. The van der Waals surface area contributed by atoms with Crippen molar-refractivity contribution >= 4 is 35.0 Å². The molecule has 0 unspecified atom stereocenters. The zero-order valence-electron chi connectivity index (χ0n) is 10.4. The number of carbonyl (C=O) groups is 3. The fourth-order valence-electron chi connectivity index (χ4n) is 1.01. The fraction of sp³-hybridized carbons (Fsp3) is 0.600. The summed E-state index contributed by atoms with van der Waals surface area (Å²) in [5.74, 6) is -1.98. The average molecular weight is 275 g/mol. The molecule has 18 heavy (non-hydrogen) atoms. The molecular weight excluding hydrogens is 258 g/mol. The summed E-state index contributed by atoms with van der Waals surface area (Å²) in [6, 6.07) is 0. The first-order valence-electron chi connectivity index (χ1n) is 5.35. The van der Waals surface area contributed by atoms with Crippen molar-refractivity contribution in [1.82, 2.24) is 10.2 Å². The summed E-state index contributed by atoms with van der Waals surface area (Å²) in [5.41, 5.74) is 5.18. The monoisotopic (exact) mass is 275 g/mol. The van der Waals surface area contributed by atoms with Crippen LogP contribution in [-0.4, -0.2) is 54.4 Å². The van der Waals surface area contributed by atoms with Gasteiger partial charge < -0.3 is 20.7 Å². The van der Waals surface area contributed by atoms with E-state index in [0.717, 1.165) is 4.90 Å². The number of hydrogen-bond donors (Lipinski definition) is 2. The Labute approximate surface area is 111 Å². The number of esters is 1. The van der Waals surface area contributed by atoms with Crippen molar-refractivity contribution in [3.63, 3.8) is 0 Å². The van der Waals surface area contributed by atoms with Crippen LogP contribution in [0.1, 0.15) is 13.3 Å². The Morgan fingerprint density at radius 3 is 2.50 bits per heavy atom. The lowest BCUT2D eigenvalue weighted by atomic mass is 10.3. The minimum absolute atomic E-state index is 0.0361. The number of carbonyl (C=O) groups excluding carboxylic acids is 3.